The number of likely N-dealkylation sites (tertiary alicyclic amines) is 1. The average Bonchev–Trinajstić information content (AvgIpc) is 3.22. The first-order chi connectivity index (χ1) is 13.2. The fourth-order valence-electron chi connectivity index (χ4n) is 3.93. The van der Waals surface area contributed by atoms with Crippen LogP contribution in [0.2, 0.25) is 0 Å². The van der Waals surface area contributed by atoms with E-state index in [1.54, 1.807) is 10.6 Å². The van der Waals surface area contributed by atoms with Gasteiger partial charge in [-0.1, -0.05) is 12.8 Å². The van der Waals surface area contributed by atoms with Crippen LogP contribution in [-0.2, 0) is 0 Å². The number of anilines is 1. The molecule has 1 atom stereocenters. The molecule has 0 spiro atoms. The van der Waals surface area contributed by atoms with Gasteiger partial charge in [-0.3, -0.25) is 4.90 Å². The van der Waals surface area contributed by atoms with Gasteiger partial charge in [-0.05, 0) is 38.3 Å². The summed E-state index contributed by atoms with van der Waals surface area (Å²) in [6.07, 6.45) is 2.62. The van der Waals surface area contributed by atoms with Gasteiger partial charge in [0.1, 0.15) is 5.52 Å². The van der Waals surface area contributed by atoms with Gasteiger partial charge in [-0.15, -0.1) is 5.10 Å². The first-order valence-electron chi connectivity index (χ1n) is 9.50. The zero-order valence-corrected chi connectivity index (χ0v) is 15.5. The van der Waals surface area contributed by atoms with Crippen molar-refractivity contribution < 1.29 is 22.7 Å². The van der Waals surface area contributed by atoms with Crippen LogP contribution in [-0.4, -0.2) is 56.5 Å². The number of nitrogen functional groups attached to an aromatic ring is 1. The SMILES string of the molecule is Nc1ncc2c(F)cc(C3CCCC3)n2n1.OC1CCCN(CC(F)(F)F)C1. The van der Waals surface area contributed by atoms with Crippen LogP contribution in [0.4, 0.5) is 23.5 Å². The largest absolute Gasteiger partial charge is 0.401 e. The number of rotatable bonds is 2. The maximum Gasteiger partial charge on any atom is 0.401 e. The molecule has 0 aromatic carbocycles. The van der Waals surface area contributed by atoms with Crippen molar-refractivity contribution in [2.75, 3.05) is 25.4 Å². The second kappa shape index (κ2) is 8.60. The van der Waals surface area contributed by atoms with Crippen LogP contribution in [0.3, 0.4) is 0 Å². The van der Waals surface area contributed by atoms with Gasteiger partial charge in [0.2, 0.25) is 5.95 Å². The molecule has 2 fully saturated rings. The molecule has 0 bridgehead atoms. The van der Waals surface area contributed by atoms with Crippen LogP contribution in [0.1, 0.15) is 50.1 Å². The Bertz CT molecular complexity index is 788. The second-order valence-electron chi connectivity index (χ2n) is 7.46. The van der Waals surface area contributed by atoms with E-state index in [1.807, 2.05) is 0 Å². The van der Waals surface area contributed by atoms with E-state index < -0.39 is 18.8 Å². The van der Waals surface area contributed by atoms with Gasteiger partial charge in [0, 0.05) is 18.2 Å². The number of hydrogen-bond acceptors (Lipinski definition) is 5. The van der Waals surface area contributed by atoms with E-state index in [2.05, 4.69) is 10.1 Å². The molecule has 6 nitrogen and oxygen atoms in total. The van der Waals surface area contributed by atoms with Crippen molar-refractivity contribution in [2.24, 2.45) is 0 Å². The minimum absolute atomic E-state index is 0.152. The quantitative estimate of drug-likeness (QED) is 0.754. The smallest absolute Gasteiger partial charge is 0.392 e. The van der Waals surface area contributed by atoms with Gasteiger partial charge >= 0.3 is 6.18 Å². The summed E-state index contributed by atoms with van der Waals surface area (Å²) in [5, 5.41) is 13.2. The number of aliphatic hydroxyl groups is 1. The van der Waals surface area contributed by atoms with Crippen molar-refractivity contribution in [1.82, 2.24) is 19.5 Å². The number of aliphatic hydroxyl groups excluding tert-OH is 1. The highest BCUT2D eigenvalue weighted by Crippen LogP contribution is 2.35. The lowest BCUT2D eigenvalue weighted by atomic mass is 10.1. The summed E-state index contributed by atoms with van der Waals surface area (Å²) < 4.78 is 50.8. The molecule has 10 heteroatoms. The van der Waals surface area contributed by atoms with Crippen LogP contribution in [0.15, 0.2) is 12.3 Å². The molecule has 3 heterocycles. The number of piperidine rings is 1. The maximum atomic E-state index is 13.7. The first kappa shape index (κ1) is 20.8. The monoisotopic (exact) mass is 403 g/mol. The fourth-order valence-corrected chi connectivity index (χ4v) is 3.93. The summed E-state index contributed by atoms with van der Waals surface area (Å²) in [6.45, 7) is -0.305. The van der Waals surface area contributed by atoms with Crippen molar-refractivity contribution >= 4 is 11.5 Å². The third kappa shape index (κ3) is 5.32. The van der Waals surface area contributed by atoms with E-state index >= 15 is 0 Å². The molecule has 1 saturated carbocycles. The molecule has 1 unspecified atom stereocenters. The van der Waals surface area contributed by atoms with E-state index in [0.717, 1.165) is 18.5 Å². The Morgan fingerprint density at radius 2 is 1.89 bits per heavy atom. The van der Waals surface area contributed by atoms with Crippen molar-refractivity contribution in [2.45, 2.75) is 56.7 Å². The van der Waals surface area contributed by atoms with Crippen LogP contribution in [0.25, 0.3) is 5.52 Å². The molecule has 3 N–H and O–H groups in total. The molecule has 2 aromatic rings. The Hall–Kier alpha value is -1.94. The summed E-state index contributed by atoms with van der Waals surface area (Å²) in [5.41, 5.74) is 6.88. The zero-order chi connectivity index (χ0) is 20.3. The molecule has 4 rings (SSSR count). The van der Waals surface area contributed by atoms with Gasteiger partial charge in [-0.2, -0.15) is 13.2 Å². The van der Waals surface area contributed by atoms with E-state index in [9.17, 15) is 17.6 Å². The van der Waals surface area contributed by atoms with Crippen LogP contribution in [0, 0.1) is 5.82 Å². The van der Waals surface area contributed by atoms with Crippen LogP contribution >= 0.6 is 0 Å². The standard InChI is InChI=1S/C11H13FN4.C7H12F3NO/c12-8-5-9(7-3-1-2-4-7)16-10(8)6-14-11(13)15-16;8-7(9,10)5-11-3-1-2-6(12)4-11/h5-7H,1-4H2,(H2,13,15);6,12H,1-5H2. The number of β-amino-alcohol motifs (C(OH)–C–C–N with tert-alkyl or cyclic N) is 1. The minimum Gasteiger partial charge on any atom is -0.392 e. The highest BCUT2D eigenvalue weighted by Gasteiger charge is 2.32. The van der Waals surface area contributed by atoms with E-state index in [0.29, 0.717) is 30.8 Å². The maximum absolute atomic E-state index is 13.7. The van der Waals surface area contributed by atoms with Gasteiger partial charge in [0.25, 0.3) is 0 Å². The molecule has 156 valence electrons. The molecular formula is C18H25F4N5O. The number of alkyl halides is 3. The second-order valence-corrected chi connectivity index (χ2v) is 7.46. The molecule has 2 aromatic heterocycles. The third-order valence-corrected chi connectivity index (χ3v) is 5.17. The Kier molecular flexibility index (Phi) is 6.39. The fraction of sp³-hybridized carbons (Fsp3) is 0.667. The van der Waals surface area contributed by atoms with Crippen molar-refractivity contribution in [3.8, 4) is 0 Å². The van der Waals surface area contributed by atoms with Crippen LogP contribution in [0.5, 0.6) is 0 Å². The highest BCUT2D eigenvalue weighted by atomic mass is 19.4. The molecule has 0 radical (unpaired) electrons. The highest BCUT2D eigenvalue weighted by molar-refractivity contribution is 5.50. The minimum atomic E-state index is -4.14. The van der Waals surface area contributed by atoms with Gasteiger partial charge in [0.15, 0.2) is 5.82 Å². The molecule has 1 aliphatic carbocycles. The summed E-state index contributed by atoms with van der Waals surface area (Å²) in [4.78, 5) is 5.06. The lowest BCUT2D eigenvalue weighted by Gasteiger charge is -2.30. The van der Waals surface area contributed by atoms with E-state index in [-0.39, 0.29) is 18.3 Å². The first-order valence-corrected chi connectivity index (χ1v) is 9.50. The molecule has 2 aliphatic rings. The topological polar surface area (TPSA) is 79.7 Å². The zero-order valence-electron chi connectivity index (χ0n) is 15.5. The lowest BCUT2D eigenvalue weighted by Crippen LogP contribution is -2.43. The van der Waals surface area contributed by atoms with Crippen molar-refractivity contribution in [1.29, 1.82) is 0 Å². The molecule has 28 heavy (non-hydrogen) atoms. The lowest BCUT2D eigenvalue weighted by molar-refractivity contribution is -0.151. The Morgan fingerprint density at radius 3 is 2.54 bits per heavy atom. The van der Waals surface area contributed by atoms with E-state index in [1.165, 1.54) is 23.9 Å². The normalized spacial score (nSPS) is 21.7. The number of aromatic nitrogens is 3. The Morgan fingerprint density at radius 1 is 1.18 bits per heavy atom. The summed E-state index contributed by atoms with van der Waals surface area (Å²) >= 11 is 0. The van der Waals surface area contributed by atoms with Gasteiger partial charge < -0.3 is 10.8 Å². The Balaban J connectivity index is 0.000000169. The summed E-state index contributed by atoms with van der Waals surface area (Å²) in [7, 11) is 0. The van der Waals surface area contributed by atoms with E-state index in [4.69, 9.17) is 10.8 Å². The summed E-state index contributed by atoms with van der Waals surface area (Å²) in [6, 6.07) is 1.57. The van der Waals surface area contributed by atoms with Crippen LogP contribution < -0.4 is 5.73 Å². The Labute approximate surface area is 160 Å². The average molecular weight is 403 g/mol. The number of nitrogens with two attached hydrogens (primary N) is 1. The number of nitrogens with zero attached hydrogens (tertiary/aromatic N) is 4. The number of hydrogen-bond donors (Lipinski definition) is 2. The van der Waals surface area contributed by atoms with Crippen molar-refractivity contribution in [3.63, 3.8) is 0 Å². The molecule has 0 amide bonds. The predicted octanol–water partition coefficient (Wildman–Crippen LogP) is 3.11. The molecular weight excluding hydrogens is 378 g/mol. The summed E-state index contributed by atoms with van der Waals surface area (Å²) in [5.74, 6) is 0.329. The van der Waals surface area contributed by atoms with Crippen molar-refractivity contribution in [3.05, 3.63) is 23.8 Å². The van der Waals surface area contributed by atoms with Gasteiger partial charge in [0.05, 0.1) is 18.8 Å². The third-order valence-electron chi connectivity index (χ3n) is 5.17. The molecule has 1 aliphatic heterocycles. The number of fused-ring (bicyclic) bond motifs is 1. The number of halogens is 4. The molecule has 1 saturated heterocycles. The van der Waals surface area contributed by atoms with Gasteiger partial charge in [-0.25, -0.2) is 13.9 Å². The predicted molar refractivity (Wildman–Crippen MR) is 96.3 cm³/mol.